The van der Waals surface area contributed by atoms with E-state index in [0.717, 1.165) is 0 Å². The number of carbonyl (C=O) groups excluding carboxylic acids is 3. The van der Waals surface area contributed by atoms with Crippen molar-refractivity contribution in [2.24, 2.45) is 5.73 Å². The summed E-state index contributed by atoms with van der Waals surface area (Å²) >= 11 is 0. The van der Waals surface area contributed by atoms with E-state index in [0.29, 0.717) is 0 Å². The van der Waals surface area contributed by atoms with Crippen molar-refractivity contribution >= 4 is 17.8 Å². The number of urea groups is 1. The molecule has 16 heavy (non-hydrogen) atoms. The largest absolute Gasteiger partial charge is 0.353 e. The number of hydrogen-bond donors (Lipinski definition) is 4. The first kappa shape index (κ1) is 14.4. The van der Waals surface area contributed by atoms with Crippen molar-refractivity contribution in [2.75, 3.05) is 6.54 Å². The molecular formula is C9H18N4O3. The molecule has 0 aromatic heterocycles. The van der Waals surface area contributed by atoms with Crippen LogP contribution in [0.4, 0.5) is 4.79 Å². The zero-order valence-corrected chi connectivity index (χ0v) is 9.66. The van der Waals surface area contributed by atoms with Crippen LogP contribution in [0.3, 0.4) is 0 Å². The Balaban J connectivity index is 3.88. The Bertz CT molecular complexity index is 278. The van der Waals surface area contributed by atoms with E-state index < -0.39 is 18.0 Å². The lowest BCUT2D eigenvalue weighted by molar-refractivity contribution is -0.122. The molecule has 0 heterocycles. The summed E-state index contributed by atoms with van der Waals surface area (Å²) in [6, 6.07) is -1.53. The van der Waals surface area contributed by atoms with Crippen molar-refractivity contribution in [1.82, 2.24) is 16.0 Å². The van der Waals surface area contributed by atoms with E-state index in [-0.39, 0.29) is 18.5 Å². The fourth-order valence-corrected chi connectivity index (χ4v) is 0.941. The minimum Gasteiger partial charge on any atom is -0.353 e. The molecule has 92 valence electrons. The van der Waals surface area contributed by atoms with Gasteiger partial charge in [0.25, 0.3) is 0 Å². The highest BCUT2D eigenvalue weighted by atomic mass is 16.2. The Morgan fingerprint density at radius 3 is 2.19 bits per heavy atom. The van der Waals surface area contributed by atoms with Crippen LogP contribution in [-0.4, -0.2) is 36.5 Å². The molecule has 0 radical (unpaired) electrons. The van der Waals surface area contributed by atoms with E-state index >= 15 is 0 Å². The molecule has 5 N–H and O–H groups in total. The van der Waals surface area contributed by atoms with Gasteiger partial charge in [0.1, 0.15) is 0 Å². The minimum atomic E-state index is -0.912. The summed E-state index contributed by atoms with van der Waals surface area (Å²) in [5.41, 5.74) is 4.78. The maximum atomic E-state index is 11.2. The molecule has 1 atom stereocenters. The number of amides is 4. The third-order valence-electron chi connectivity index (χ3n) is 1.66. The Morgan fingerprint density at radius 1 is 1.19 bits per heavy atom. The smallest absolute Gasteiger partial charge is 0.318 e. The Morgan fingerprint density at radius 2 is 1.75 bits per heavy atom. The summed E-state index contributed by atoms with van der Waals surface area (Å²) in [5.74, 6) is -0.779. The maximum Gasteiger partial charge on any atom is 0.318 e. The Labute approximate surface area is 94.1 Å². The molecule has 7 heteroatoms. The van der Waals surface area contributed by atoms with E-state index in [1.807, 2.05) is 19.2 Å². The summed E-state index contributed by atoms with van der Waals surface area (Å²) in [6.45, 7) is 5.20. The highest BCUT2D eigenvalue weighted by Gasteiger charge is 2.14. The molecule has 0 bridgehead atoms. The summed E-state index contributed by atoms with van der Waals surface area (Å²) in [6.07, 6.45) is 0. The molecule has 4 amide bonds. The van der Waals surface area contributed by atoms with Gasteiger partial charge in [0.2, 0.25) is 11.8 Å². The van der Waals surface area contributed by atoms with Gasteiger partial charge in [-0.15, -0.1) is 0 Å². The van der Waals surface area contributed by atoms with Gasteiger partial charge in [-0.1, -0.05) is 0 Å². The summed E-state index contributed by atoms with van der Waals surface area (Å²) in [4.78, 5) is 32.8. The summed E-state index contributed by atoms with van der Waals surface area (Å²) < 4.78 is 0. The van der Waals surface area contributed by atoms with Crippen LogP contribution < -0.4 is 21.7 Å². The molecule has 0 aliphatic rings. The van der Waals surface area contributed by atoms with Gasteiger partial charge in [0.05, 0.1) is 12.6 Å². The molecule has 0 fully saturated rings. The lowest BCUT2D eigenvalue weighted by Crippen LogP contribution is -2.49. The molecule has 0 aromatic rings. The third kappa shape index (κ3) is 6.77. The van der Waals surface area contributed by atoms with Gasteiger partial charge in [0.15, 0.2) is 0 Å². The van der Waals surface area contributed by atoms with Gasteiger partial charge in [-0.05, 0) is 20.8 Å². The third-order valence-corrected chi connectivity index (χ3v) is 1.66. The highest BCUT2D eigenvalue weighted by Crippen LogP contribution is 1.82. The molecule has 0 aliphatic carbocycles. The van der Waals surface area contributed by atoms with Crippen molar-refractivity contribution in [3.8, 4) is 0 Å². The molecule has 0 spiro atoms. The van der Waals surface area contributed by atoms with Crippen molar-refractivity contribution in [1.29, 1.82) is 0 Å². The fourth-order valence-electron chi connectivity index (χ4n) is 0.941. The second-order valence-electron chi connectivity index (χ2n) is 3.68. The van der Waals surface area contributed by atoms with Crippen LogP contribution in [0.25, 0.3) is 0 Å². The number of hydrogen-bond acceptors (Lipinski definition) is 4. The van der Waals surface area contributed by atoms with Crippen LogP contribution in [0.5, 0.6) is 0 Å². The van der Waals surface area contributed by atoms with Gasteiger partial charge in [-0.2, -0.15) is 0 Å². The van der Waals surface area contributed by atoms with Crippen molar-refractivity contribution in [3.63, 3.8) is 0 Å². The number of nitrogens with one attached hydrogen (secondary N) is 3. The van der Waals surface area contributed by atoms with Gasteiger partial charge >= 0.3 is 6.03 Å². The first-order chi connectivity index (χ1) is 7.32. The van der Waals surface area contributed by atoms with E-state index in [4.69, 9.17) is 5.73 Å². The molecular weight excluding hydrogens is 212 g/mol. The number of primary amides is 1. The lowest BCUT2D eigenvalue weighted by Gasteiger charge is -2.13. The number of imide groups is 1. The predicted molar refractivity (Wildman–Crippen MR) is 58.5 cm³/mol. The second kappa shape index (κ2) is 6.78. The minimum absolute atomic E-state index is 0.00548. The standard InChI is InChI=1S/C9H18N4O3/c1-5(2)12-7(14)4-11-6(3)8(15)13-9(10)16/h5-6,11H,4H2,1-3H3,(H,12,14)(H3,10,13,15,16). The van der Waals surface area contributed by atoms with E-state index in [9.17, 15) is 14.4 Å². The van der Waals surface area contributed by atoms with E-state index in [1.165, 1.54) is 6.92 Å². The van der Waals surface area contributed by atoms with Crippen LogP contribution in [0, 0.1) is 0 Å². The molecule has 0 rings (SSSR count). The number of rotatable bonds is 5. The summed E-state index contributed by atoms with van der Waals surface area (Å²) in [5, 5.41) is 7.23. The van der Waals surface area contributed by atoms with Crippen molar-refractivity contribution in [3.05, 3.63) is 0 Å². The number of nitrogens with two attached hydrogens (primary N) is 1. The molecule has 1 unspecified atom stereocenters. The van der Waals surface area contributed by atoms with Crippen LogP contribution in [0.1, 0.15) is 20.8 Å². The quantitative estimate of drug-likeness (QED) is 0.469. The van der Waals surface area contributed by atoms with Gasteiger partial charge < -0.3 is 11.1 Å². The normalized spacial score (nSPS) is 12.0. The zero-order chi connectivity index (χ0) is 12.7. The average molecular weight is 230 g/mol. The van der Waals surface area contributed by atoms with Gasteiger partial charge in [-0.3, -0.25) is 20.2 Å². The van der Waals surface area contributed by atoms with Crippen molar-refractivity contribution < 1.29 is 14.4 Å². The monoisotopic (exact) mass is 230 g/mol. The van der Waals surface area contributed by atoms with Crippen LogP contribution in [0.2, 0.25) is 0 Å². The maximum absolute atomic E-state index is 11.2. The fraction of sp³-hybridized carbons (Fsp3) is 0.667. The predicted octanol–water partition coefficient (Wildman–Crippen LogP) is -1.32. The van der Waals surface area contributed by atoms with Crippen molar-refractivity contribution in [2.45, 2.75) is 32.9 Å². The highest BCUT2D eigenvalue weighted by molar-refractivity contribution is 5.96. The summed E-state index contributed by atoms with van der Waals surface area (Å²) in [7, 11) is 0. The van der Waals surface area contributed by atoms with Crippen LogP contribution >= 0.6 is 0 Å². The van der Waals surface area contributed by atoms with E-state index in [1.54, 1.807) is 0 Å². The molecule has 0 aliphatic heterocycles. The molecule has 0 saturated heterocycles. The first-order valence-corrected chi connectivity index (χ1v) is 4.96. The molecule has 0 aromatic carbocycles. The second-order valence-corrected chi connectivity index (χ2v) is 3.68. The topological polar surface area (TPSA) is 113 Å². The van der Waals surface area contributed by atoms with Crippen LogP contribution in [0.15, 0.2) is 0 Å². The van der Waals surface area contributed by atoms with E-state index in [2.05, 4.69) is 10.6 Å². The van der Waals surface area contributed by atoms with Gasteiger partial charge in [0, 0.05) is 6.04 Å². The van der Waals surface area contributed by atoms with Crippen LogP contribution in [-0.2, 0) is 9.59 Å². The SMILES string of the molecule is CC(C)NC(=O)CNC(C)C(=O)NC(N)=O. The van der Waals surface area contributed by atoms with Gasteiger partial charge in [-0.25, -0.2) is 4.79 Å². The Kier molecular flexibility index (Phi) is 6.09. The Hall–Kier alpha value is -1.63. The molecule has 7 nitrogen and oxygen atoms in total. The molecule has 0 saturated carbocycles. The average Bonchev–Trinajstić information content (AvgIpc) is 2.11. The lowest BCUT2D eigenvalue weighted by atomic mass is 10.3. The zero-order valence-electron chi connectivity index (χ0n) is 9.66. The number of carbonyl (C=O) groups is 3. The first-order valence-electron chi connectivity index (χ1n) is 4.96.